The van der Waals surface area contributed by atoms with E-state index in [0.29, 0.717) is 12.5 Å². The van der Waals surface area contributed by atoms with E-state index < -0.39 is 6.23 Å². The lowest BCUT2D eigenvalue weighted by Crippen LogP contribution is -2.39. The molecule has 116 valence electrons. The van der Waals surface area contributed by atoms with Crippen LogP contribution in [0.25, 0.3) is 0 Å². The molecule has 1 aromatic rings. The molecule has 2 rings (SSSR count). The standard InChI is InChI=1S/C18H28N2O/c1-15-8-5-6-9-16(15)14-19-13-7-12-18(21)20-17-10-3-2-4-11-17/h5-9,13,17-21H,2-4,10-12,14H2,1H3/b13-7+. The van der Waals surface area contributed by atoms with Crippen molar-refractivity contribution in [1.29, 1.82) is 0 Å². The van der Waals surface area contributed by atoms with E-state index in [1.54, 1.807) is 0 Å². The average molecular weight is 288 g/mol. The van der Waals surface area contributed by atoms with E-state index in [1.807, 2.05) is 12.3 Å². The topological polar surface area (TPSA) is 44.3 Å². The molecule has 1 fully saturated rings. The highest BCUT2D eigenvalue weighted by Gasteiger charge is 2.15. The highest BCUT2D eigenvalue weighted by Crippen LogP contribution is 2.17. The maximum atomic E-state index is 9.97. The van der Waals surface area contributed by atoms with Crippen LogP contribution in [-0.4, -0.2) is 17.4 Å². The van der Waals surface area contributed by atoms with Gasteiger partial charge in [0.25, 0.3) is 0 Å². The van der Waals surface area contributed by atoms with Crippen LogP contribution in [0.2, 0.25) is 0 Å². The van der Waals surface area contributed by atoms with Gasteiger partial charge in [-0.15, -0.1) is 0 Å². The van der Waals surface area contributed by atoms with Gasteiger partial charge in [-0.2, -0.15) is 0 Å². The molecule has 1 aliphatic carbocycles. The summed E-state index contributed by atoms with van der Waals surface area (Å²) < 4.78 is 0. The van der Waals surface area contributed by atoms with Crippen LogP contribution < -0.4 is 10.6 Å². The molecule has 1 aliphatic rings. The lowest BCUT2D eigenvalue weighted by atomic mass is 9.95. The van der Waals surface area contributed by atoms with Crippen LogP contribution in [0.3, 0.4) is 0 Å². The van der Waals surface area contributed by atoms with Gasteiger partial charge in [0.2, 0.25) is 0 Å². The van der Waals surface area contributed by atoms with Gasteiger partial charge in [-0.1, -0.05) is 49.6 Å². The Labute approximate surface area is 128 Å². The molecular formula is C18H28N2O. The Bertz CT molecular complexity index is 439. The van der Waals surface area contributed by atoms with E-state index in [4.69, 9.17) is 0 Å². The number of rotatable bonds is 7. The second kappa shape index (κ2) is 8.85. The van der Waals surface area contributed by atoms with Crippen LogP contribution in [0.4, 0.5) is 0 Å². The summed E-state index contributed by atoms with van der Waals surface area (Å²) >= 11 is 0. The molecule has 1 saturated carbocycles. The predicted molar refractivity (Wildman–Crippen MR) is 87.8 cm³/mol. The predicted octanol–water partition coefficient (Wildman–Crippen LogP) is 3.23. The fourth-order valence-corrected chi connectivity index (χ4v) is 2.87. The number of hydrogen-bond acceptors (Lipinski definition) is 3. The molecule has 0 saturated heterocycles. The molecular weight excluding hydrogens is 260 g/mol. The van der Waals surface area contributed by atoms with Crippen molar-refractivity contribution in [3.05, 3.63) is 47.7 Å². The first-order valence-corrected chi connectivity index (χ1v) is 8.13. The largest absolute Gasteiger partial charge is 0.387 e. The molecule has 1 atom stereocenters. The van der Waals surface area contributed by atoms with Crippen molar-refractivity contribution < 1.29 is 5.11 Å². The molecule has 3 heteroatoms. The van der Waals surface area contributed by atoms with Crippen molar-refractivity contribution in [2.24, 2.45) is 0 Å². The third-order valence-corrected chi connectivity index (χ3v) is 4.18. The first-order valence-electron chi connectivity index (χ1n) is 8.13. The van der Waals surface area contributed by atoms with Crippen molar-refractivity contribution >= 4 is 0 Å². The Morgan fingerprint density at radius 2 is 2.00 bits per heavy atom. The summed E-state index contributed by atoms with van der Waals surface area (Å²) in [6.45, 7) is 2.95. The Balaban J connectivity index is 1.62. The van der Waals surface area contributed by atoms with E-state index in [2.05, 4.69) is 41.8 Å². The van der Waals surface area contributed by atoms with Gasteiger partial charge in [-0.05, 0) is 37.1 Å². The van der Waals surface area contributed by atoms with Crippen LogP contribution in [0.5, 0.6) is 0 Å². The van der Waals surface area contributed by atoms with E-state index in [1.165, 1.54) is 43.2 Å². The Hall–Kier alpha value is -1.32. The maximum Gasteiger partial charge on any atom is 0.108 e. The monoisotopic (exact) mass is 288 g/mol. The first-order chi connectivity index (χ1) is 10.3. The molecule has 0 heterocycles. The van der Waals surface area contributed by atoms with E-state index in [0.717, 1.165) is 6.54 Å². The summed E-state index contributed by atoms with van der Waals surface area (Å²) in [5.41, 5.74) is 2.61. The van der Waals surface area contributed by atoms with E-state index in [9.17, 15) is 5.11 Å². The van der Waals surface area contributed by atoms with Crippen LogP contribution in [0.1, 0.15) is 49.7 Å². The summed E-state index contributed by atoms with van der Waals surface area (Å²) in [5.74, 6) is 0. The van der Waals surface area contributed by atoms with Crippen LogP contribution in [0, 0.1) is 6.92 Å². The van der Waals surface area contributed by atoms with Crippen LogP contribution >= 0.6 is 0 Å². The third-order valence-electron chi connectivity index (χ3n) is 4.18. The highest BCUT2D eigenvalue weighted by atomic mass is 16.3. The van der Waals surface area contributed by atoms with Gasteiger partial charge in [0.1, 0.15) is 6.23 Å². The minimum absolute atomic E-state index is 0.426. The first kappa shape index (κ1) is 16.1. The molecule has 0 aliphatic heterocycles. The molecule has 1 aromatic carbocycles. The molecule has 0 bridgehead atoms. The molecule has 3 nitrogen and oxygen atoms in total. The van der Waals surface area contributed by atoms with Gasteiger partial charge < -0.3 is 10.4 Å². The highest BCUT2D eigenvalue weighted by molar-refractivity contribution is 5.25. The SMILES string of the molecule is Cc1ccccc1CN/C=C/CC(O)NC1CCCCC1. The van der Waals surface area contributed by atoms with Gasteiger partial charge in [0.05, 0.1) is 0 Å². The summed E-state index contributed by atoms with van der Waals surface area (Å²) in [4.78, 5) is 0. The maximum absolute atomic E-state index is 9.97. The lowest BCUT2D eigenvalue weighted by molar-refractivity contribution is 0.115. The summed E-state index contributed by atoms with van der Waals surface area (Å²) in [7, 11) is 0. The molecule has 21 heavy (non-hydrogen) atoms. The van der Waals surface area contributed by atoms with Gasteiger partial charge in [-0.25, -0.2) is 0 Å². The molecule has 0 spiro atoms. The molecule has 0 amide bonds. The second-order valence-corrected chi connectivity index (χ2v) is 5.96. The Kier molecular flexibility index (Phi) is 6.77. The van der Waals surface area contributed by atoms with Crippen molar-refractivity contribution in [2.45, 2.75) is 64.3 Å². The Morgan fingerprint density at radius 3 is 2.76 bits per heavy atom. The smallest absolute Gasteiger partial charge is 0.108 e. The van der Waals surface area contributed by atoms with Crippen molar-refractivity contribution in [1.82, 2.24) is 10.6 Å². The summed E-state index contributed by atoms with van der Waals surface area (Å²) in [6.07, 6.45) is 10.5. The molecule has 0 aromatic heterocycles. The van der Waals surface area contributed by atoms with Gasteiger partial charge in [0.15, 0.2) is 0 Å². The summed E-state index contributed by atoms with van der Waals surface area (Å²) in [6, 6.07) is 8.88. The quantitative estimate of drug-likeness (QED) is 0.675. The fourth-order valence-electron chi connectivity index (χ4n) is 2.87. The second-order valence-electron chi connectivity index (χ2n) is 5.96. The third kappa shape index (κ3) is 5.90. The fraction of sp³-hybridized carbons (Fsp3) is 0.556. The minimum atomic E-state index is -0.426. The van der Waals surface area contributed by atoms with Crippen molar-refractivity contribution in [3.8, 4) is 0 Å². The number of aliphatic hydroxyl groups excluding tert-OH is 1. The molecule has 1 unspecified atom stereocenters. The van der Waals surface area contributed by atoms with Crippen molar-refractivity contribution in [3.63, 3.8) is 0 Å². The van der Waals surface area contributed by atoms with Crippen molar-refractivity contribution in [2.75, 3.05) is 0 Å². The number of nitrogens with one attached hydrogen (secondary N) is 2. The number of benzene rings is 1. The number of hydrogen-bond donors (Lipinski definition) is 3. The Morgan fingerprint density at radius 1 is 1.24 bits per heavy atom. The minimum Gasteiger partial charge on any atom is -0.387 e. The zero-order chi connectivity index (χ0) is 14.9. The zero-order valence-electron chi connectivity index (χ0n) is 13.0. The molecule has 0 radical (unpaired) electrons. The number of aryl methyl sites for hydroxylation is 1. The molecule has 3 N–H and O–H groups in total. The van der Waals surface area contributed by atoms with Gasteiger partial charge >= 0.3 is 0 Å². The number of aliphatic hydroxyl groups is 1. The van der Waals surface area contributed by atoms with E-state index >= 15 is 0 Å². The van der Waals surface area contributed by atoms with Crippen LogP contribution in [-0.2, 0) is 6.54 Å². The zero-order valence-corrected chi connectivity index (χ0v) is 13.0. The van der Waals surface area contributed by atoms with E-state index in [-0.39, 0.29) is 0 Å². The lowest BCUT2D eigenvalue weighted by Gasteiger charge is -2.25. The summed E-state index contributed by atoms with van der Waals surface area (Å²) in [5, 5.41) is 16.6. The van der Waals surface area contributed by atoms with Crippen LogP contribution in [0.15, 0.2) is 36.5 Å². The van der Waals surface area contributed by atoms with Gasteiger partial charge in [0, 0.05) is 19.0 Å². The van der Waals surface area contributed by atoms with Gasteiger partial charge in [-0.3, -0.25) is 5.32 Å². The average Bonchev–Trinajstić information content (AvgIpc) is 2.50. The normalized spacial score (nSPS) is 18.0.